The van der Waals surface area contributed by atoms with Crippen molar-refractivity contribution in [2.75, 3.05) is 14.1 Å². The van der Waals surface area contributed by atoms with Gasteiger partial charge in [-0.15, -0.1) is 0 Å². The van der Waals surface area contributed by atoms with Crippen LogP contribution in [0.3, 0.4) is 0 Å². The summed E-state index contributed by atoms with van der Waals surface area (Å²) in [5.74, 6) is 0.197. The number of carbonyl (C=O) groups is 1. The van der Waals surface area contributed by atoms with Gasteiger partial charge in [0.1, 0.15) is 4.60 Å². The lowest BCUT2D eigenvalue weighted by atomic mass is 10.3. The Morgan fingerprint density at radius 3 is 2.68 bits per heavy atom. The van der Waals surface area contributed by atoms with Crippen LogP contribution in [0.2, 0.25) is 0 Å². The average molecular weight is 329 g/mol. The maximum atomic E-state index is 10.7. The summed E-state index contributed by atoms with van der Waals surface area (Å²) in [6.07, 6.45) is 2.97. The number of nitro groups is 1. The van der Waals surface area contributed by atoms with Crippen LogP contribution in [0.4, 0.5) is 0 Å². The monoisotopic (exact) mass is 328 g/mol. The average Bonchev–Trinajstić information content (AvgIpc) is 2.37. The molecule has 0 unspecified atom stereocenters. The Morgan fingerprint density at radius 2 is 2.21 bits per heavy atom. The van der Waals surface area contributed by atoms with Crippen molar-refractivity contribution in [2.45, 2.75) is 6.54 Å². The number of rotatable bonds is 6. The summed E-state index contributed by atoms with van der Waals surface area (Å²) >= 11 is 3.23. The van der Waals surface area contributed by atoms with Gasteiger partial charge in [0.15, 0.2) is 5.82 Å². The summed E-state index contributed by atoms with van der Waals surface area (Å²) in [6, 6.07) is 3.63. The Labute approximate surface area is 118 Å². The summed E-state index contributed by atoms with van der Waals surface area (Å²) in [4.78, 5) is 27.5. The number of carbonyl (C=O) groups excluding carboxylic acids is 1. The highest BCUT2D eigenvalue weighted by molar-refractivity contribution is 9.10. The van der Waals surface area contributed by atoms with Crippen LogP contribution in [-0.2, 0) is 11.3 Å². The predicted octanol–water partition coefficient (Wildman–Crippen LogP) is 1.44. The maximum absolute atomic E-state index is 10.7. The highest BCUT2D eigenvalue weighted by Gasteiger charge is 2.14. The summed E-state index contributed by atoms with van der Waals surface area (Å²) in [5, 5.41) is 10.6. The standard InChI is InChI=1S/C11H13BrN4O3/c1-14(6-9-3-4-10(12)13-5-9)11(7-16(18)19)15(2)8-17/h3-5,7-8H,6H2,1-2H3/b11-7-. The summed E-state index contributed by atoms with van der Waals surface area (Å²) in [6.45, 7) is 0.401. The molecule has 0 aliphatic heterocycles. The zero-order valence-electron chi connectivity index (χ0n) is 10.5. The molecule has 19 heavy (non-hydrogen) atoms. The fourth-order valence-corrected chi connectivity index (χ4v) is 1.70. The largest absolute Gasteiger partial charge is 0.351 e. The molecule has 1 amide bonds. The van der Waals surface area contributed by atoms with Gasteiger partial charge >= 0.3 is 0 Å². The van der Waals surface area contributed by atoms with E-state index in [1.807, 2.05) is 6.07 Å². The van der Waals surface area contributed by atoms with Crippen molar-refractivity contribution >= 4 is 22.3 Å². The number of halogens is 1. The highest BCUT2D eigenvalue weighted by atomic mass is 79.9. The fraction of sp³-hybridized carbons (Fsp3) is 0.273. The predicted molar refractivity (Wildman–Crippen MR) is 72.3 cm³/mol. The molecule has 1 heterocycles. The van der Waals surface area contributed by atoms with E-state index in [4.69, 9.17) is 0 Å². The van der Waals surface area contributed by atoms with Crippen molar-refractivity contribution < 1.29 is 9.72 Å². The first-order valence-electron chi connectivity index (χ1n) is 5.29. The molecule has 0 spiro atoms. The van der Waals surface area contributed by atoms with E-state index in [1.54, 1.807) is 24.2 Å². The van der Waals surface area contributed by atoms with Gasteiger partial charge < -0.3 is 4.90 Å². The topological polar surface area (TPSA) is 79.6 Å². The lowest BCUT2D eigenvalue weighted by molar-refractivity contribution is -0.405. The molecule has 1 aromatic heterocycles. The lowest BCUT2D eigenvalue weighted by Crippen LogP contribution is -2.30. The van der Waals surface area contributed by atoms with E-state index in [1.165, 1.54) is 7.05 Å². The zero-order chi connectivity index (χ0) is 14.4. The molecule has 0 bridgehead atoms. The van der Waals surface area contributed by atoms with E-state index in [9.17, 15) is 14.9 Å². The minimum atomic E-state index is -0.592. The summed E-state index contributed by atoms with van der Waals surface area (Å²) < 4.78 is 0.713. The molecular formula is C11H13BrN4O3. The molecule has 0 saturated carbocycles. The lowest BCUT2D eigenvalue weighted by Gasteiger charge is -2.24. The van der Waals surface area contributed by atoms with Crippen LogP contribution in [0.25, 0.3) is 0 Å². The maximum Gasteiger partial charge on any atom is 0.274 e. The van der Waals surface area contributed by atoms with Gasteiger partial charge in [-0.2, -0.15) is 0 Å². The van der Waals surface area contributed by atoms with Crippen LogP contribution in [-0.4, -0.2) is 40.2 Å². The summed E-state index contributed by atoms with van der Waals surface area (Å²) in [7, 11) is 3.12. The van der Waals surface area contributed by atoms with Crippen LogP contribution in [0.15, 0.2) is 35.0 Å². The van der Waals surface area contributed by atoms with E-state index < -0.39 is 4.92 Å². The van der Waals surface area contributed by atoms with Crippen LogP contribution in [0.1, 0.15) is 5.56 Å². The summed E-state index contributed by atoms with van der Waals surface area (Å²) in [5.41, 5.74) is 0.874. The first-order chi connectivity index (χ1) is 8.93. The molecule has 0 fully saturated rings. The molecule has 1 aromatic rings. The molecular weight excluding hydrogens is 316 g/mol. The van der Waals surface area contributed by atoms with E-state index in [-0.39, 0.29) is 5.82 Å². The van der Waals surface area contributed by atoms with E-state index in [0.29, 0.717) is 17.6 Å². The second kappa shape index (κ2) is 6.83. The van der Waals surface area contributed by atoms with Gasteiger partial charge in [-0.3, -0.25) is 19.8 Å². The van der Waals surface area contributed by atoms with Crippen molar-refractivity contribution in [3.63, 3.8) is 0 Å². The quantitative estimate of drug-likeness (QED) is 0.341. The van der Waals surface area contributed by atoms with Crippen molar-refractivity contribution in [2.24, 2.45) is 0 Å². The minimum absolute atomic E-state index is 0.197. The van der Waals surface area contributed by atoms with Crippen molar-refractivity contribution in [1.29, 1.82) is 0 Å². The molecule has 0 saturated heterocycles. The van der Waals surface area contributed by atoms with E-state index in [0.717, 1.165) is 16.7 Å². The van der Waals surface area contributed by atoms with Gasteiger partial charge in [-0.25, -0.2) is 4.98 Å². The Hall–Kier alpha value is -1.96. The van der Waals surface area contributed by atoms with Crippen LogP contribution < -0.4 is 0 Å². The number of hydrogen-bond acceptors (Lipinski definition) is 5. The van der Waals surface area contributed by atoms with Crippen molar-refractivity contribution in [3.8, 4) is 0 Å². The molecule has 0 aliphatic rings. The Bertz CT molecular complexity index is 489. The van der Waals surface area contributed by atoms with Gasteiger partial charge in [0.2, 0.25) is 6.41 Å². The normalized spacial score (nSPS) is 11.0. The van der Waals surface area contributed by atoms with Crippen molar-refractivity contribution in [3.05, 3.63) is 50.6 Å². The molecule has 0 N–H and O–H groups in total. The third kappa shape index (κ3) is 4.66. The SMILES string of the molecule is CN(C=O)/C(=C\[N+](=O)[O-])N(C)Cc1ccc(Br)nc1. The third-order valence-electron chi connectivity index (χ3n) is 2.34. The number of pyridine rings is 1. The molecule has 0 radical (unpaired) electrons. The molecule has 7 nitrogen and oxygen atoms in total. The number of hydrogen-bond donors (Lipinski definition) is 0. The Balaban J connectivity index is 2.88. The Morgan fingerprint density at radius 1 is 1.53 bits per heavy atom. The first kappa shape index (κ1) is 15.1. The fourth-order valence-electron chi connectivity index (χ4n) is 1.46. The highest BCUT2D eigenvalue weighted by Crippen LogP contribution is 2.12. The molecule has 8 heteroatoms. The van der Waals surface area contributed by atoms with Gasteiger partial charge in [0.05, 0.1) is 4.92 Å². The second-order valence-corrected chi connectivity index (χ2v) is 4.65. The van der Waals surface area contributed by atoms with Crippen LogP contribution in [0.5, 0.6) is 0 Å². The zero-order valence-corrected chi connectivity index (χ0v) is 12.1. The minimum Gasteiger partial charge on any atom is -0.351 e. The molecule has 0 aromatic carbocycles. The van der Waals surface area contributed by atoms with Crippen LogP contribution >= 0.6 is 15.9 Å². The number of nitrogens with zero attached hydrogens (tertiary/aromatic N) is 4. The molecule has 102 valence electrons. The number of aromatic nitrogens is 1. The van der Waals surface area contributed by atoms with Gasteiger partial charge in [0, 0.05) is 26.8 Å². The first-order valence-corrected chi connectivity index (χ1v) is 6.08. The molecule has 1 rings (SSSR count). The molecule has 0 atom stereocenters. The van der Waals surface area contributed by atoms with E-state index >= 15 is 0 Å². The van der Waals surface area contributed by atoms with Gasteiger partial charge in [-0.1, -0.05) is 6.07 Å². The smallest absolute Gasteiger partial charge is 0.274 e. The van der Waals surface area contributed by atoms with Gasteiger partial charge in [0.25, 0.3) is 6.20 Å². The van der Waals surface area contributed by atoms with Gasteiger partial charge in [-0.05, 0) is 27.6 Å². The molecule has 0 aliphatic carbocycles. The van der Waals surface area contributed by atoms with Crippen LogP contribution in [0, 0.1) is 10.1 Å². The number of amides is 1. The van der Waals surface area contributed by atoms with Crippen molar-refractivity contribution in [1.82, 2.24) is 14.8 Å². The second-order valence-electron chi connectivity index (χ2n) is 3.83. The third-order valence-corrected chi connectivity index (χ3v) is 2.81. The van der Waals surface area contributed by atoms with E-state index in [2.05, 4.69) is 20.9 Å². The Kier molecular flexibility index (Phi) is 5.43.